The van der Waals surface area contributed by atoms with Gasteiger partial charge < -0.3 is 5.32 Å². The van der Waals surface area contributed by atoms with Crippen LogP contribution in [0.2, 0.25) is 0 Å². The molecule has 2 aromatic carbocycles. The minimum Gasteiger partial charge on any atom is -0.314 e. The lowest BCUT2D eigenvalue weighted by Crippen LogP contribution is -2.30. The third-order valence-electron chi connectivity index (χ3n) is 3.56. The lowest BCUT2D eigenvalue weighted by molar-refractivity contribution is 0.524. The van der Waals surface area contributed by atoms with Crippen LogP contribution in [0.4, 0.5) is 0 Å². The molecule has 0 bridgehead atoms. The SMILES string of the molecule is CCNC(C)CC(C)S(=O)c1ccc2ccccc2c1. The normalized spacial score (nSPS) is 15.9. The van der Waals surface area contributed by atoms with Crippen molar-refractivity contribution in [2.75, 3.05) is 6.54 Å². The van der Waals surface area contributed by atoms with Crippen LogP contribution in [0, 0.1) is 0 Å². The molecule has 0 aromatic heterocycles. The molecule has 0 aliphatic rings. The fourth-order valence-electron chi connectivity index (χ4n) is 2.54. The van der Waals surface area contributed by atoms with Gasteiger partial charge in [-0.2, -0.15) is 0 Å². The highest BCUT2D eigenvalue weighted by Gasteiger charge is 2.16. The molecule has 3 unspecified atom stereocenters. The van der Waals surface area contributed by atoms with Gasteiger partial charge in [-0.15, -0.1) is 0 Å². The Kier molecular flexibility index (Phi) is 5.32. The fraction of sp³-hybridized carbons (Fsp3) is 0.412. The van der Waals surface area contributed by atoms with Crippen LogP contribution < -0.4 is 5.32 Å². The zero-order valence-corrected chi connectivity index (χ0v) is 13.2. The summed E-state index contributed by atoms with van der Waals surface area (Å²) in [7, 11) is -0.948. The summed E-state index contributed by atoms with van der Waals surface area (Å²) in [6.07, 6.45) is 0.924. The van der Waals surface area contributed by atoms with Crippen LogP contribution in [-0.4, -0.2) is 22.0 Å². The second-order valence-corrected chi connectivity index (χ2v) is 7.18. The minimum atomic E-state index is -0.948. The van der Waals surface area contributed by atoms with Gasteiger partial charge in [0.15, 0.2) is 0 Å². The number of benzene rings is 2. The molecule has 2 aromatic rings. The van der Waals surface area contributed by atoms with Gasteiger partial charge in [0.2, 0.25) is 0 Å². The zero-order valence-electron chi connectivity index (χ0n) is 12.4. The molecule has 0 aliphatic heterocycles. The van der Waals surface area contributed by atoms with E-state index in [0.29, 0.717) is 6.04 Å². The van der Waals surface area contributed by atoms with Gasteiger partial charge >= 0.3 is 0 Å². The summed E-state index contributed by atoms with van der Waals surface area (Å²) in [6, 6.07) is 14.7. The Hall–Kier alpha value is -1.19. The number of rotatable bonds is 6. The summed E-state index contributed by atoms with van der Waals surface area (Å²) in [4.78, 5) is 0.930. The monoisotopic (exact) mass is 289 g/mol. The predicted octanol–water partition coefficient (Wildman–Crippen LogP) is 3.72. The van der Waals surface area contributed by atoms with Gasteiger partial charge in [0.25, 0.3) is 0 Å². The van der Waals surface area contributed by atoms with E-state index in [0.717, 1.165) is 23.2 Å². The van der Waals surface area contributed by atoms with Gasteiger partial charge in [0.05, 0.1) is 10.8 Å². The van der Waals surface area contributed by atoms with E-state index in [1.165, 1.54) is 5.39 Å². The van der Waals surface area contributed by atoms with Gasteiger partial charge in [-0.25, -0.2) is 0 Å². The summed E-state index contributed by atoms with van der Waals surface area (Å²) in [5, 5.41) is 5.89. The fourth-order valence-corrected chi connectivity index (χ4v) is 3.92. The summed E-state index contributed by atoms with van der Waals surface area (Å²) < 4.78 is 12.6. The van der Waals surface area contributed by atoms with E-state index in [1.807, 2.05) is 18.2 Å². The van der Waals surface area contributed by atoms with Crippen LogP contribution in [0.15, 0.2) is 47.4 Å². The highest BCUT2D eigenvalue weighted by molar-refractivity contribution is 7.85. The van der Waals surface area contributed by atoms with E-state index in [-0.39, 0.29) is 5.25 Å². The van der Waals surface area contributed by atoms with Crippen LogP contribution in [0.3, 0.4) is 0 Å². The summed E-state index contributed by atoms with van der Waals surface area (Å²) in [5.74, 6) is 0. The molecule has 0 fully saturated rings. The molecule has 20 heavy (non-hydrogen) atoms. The van der Waals surface area contributed by atoms with Gasteiger partial charge in [0.1, 0.15) is 0 Å². The van der Waals surface area contributed by atoms with Gasteiger partial charge in [0, 0.05) is 16.2 Å². The molecule has 0 saturated heterocycles. The Labute approximate surface area is 124 Å². The quantitative estimate of drug-likeness (QED) is 0.878. The average Bonchev–Trinajstić information content (AvgIpc) is 2.46. The molecule has 0 saturated carbocycles. The van der Waals surface area contributed by atoms with Gasteiger partial charge in [-0.1, -0.05) is 44.2 Å². The van der Waals surface area contributed by atoms with E-state index >= 15 is 0 Å². The van der Waals surface area contributed by atoms with Gasteiger partial charge in [-0.3, -0.25) is 4.21 Å². The predicted molar refractivity (Wildman–Crippen MR) is 87.6 cm³/mol. The highest BCUT2D eigenvalue weighted by Crippen LogP contribution is 2.21. The molecule has 0 aliphatic carbocycles. The standard InChI is InChI=1S/C17H23NOS/c1-4-18-13(2)11-14(3)20(19)17-10-9-15-7-5-6-8-16(15)12-17/h5-10,12-14,18H,4,11H2,1-3H3. The van der Waals surface area contributed by atoms with Crippen molar-refractivity contribution in [3.05, 3.63) is 42.5 Å². The number of hydrogen-bond acceptors (Lipinski definition) is 2. The molecular weight excluding hydrogens is 266 g/mol. The summed E-state index contributed by atoms with van der Waals surface area (Å²) in [6.45, 7) is 7.27. The Morgan fingerprint density at radius 2 is 1.80 bits per heavy atom. The molecule has 0 heterocycles. The first-order valence-corrected chi connectivity index (χ1v) is 8.46. The maximum absolute atomic E-state index is 12.6. The van der Waals surface area contributed by atoms with E-state index in [4.69, 9.17) is 0 Å². The minimum absolute atomic E-state index is 0.158. The number of hydrogen-bond donors (Lipinski definition) is 1. The molecule has 0 spiro atoms. The summed E-state index contributed by atoms with van der Waals surface area (Å²) >= 11 is 0. The maximum atomic E-state index is 12.6. The highest BCUT2D eigenvalue weighted by atomic mass is 32.2. The first-order valence-electron chi connectivity index (χ1n) is 7.24. The van der Waals surface area contributed by atoms with E-state index < -0.39 is 10.8 Å². The van der Waals surface area contributed by atoms with Crippen LogP contribution in [0.1, 0.15) is 27.2 Å². The van der Waals surface area contributed by atoms with Crippen molar-refractivity contribution in [2.45, 2.75) is 43.4 Å². The second-order valence-electron chi connectivity index (χ2n) is 5.31. The van der Waals surface area contributed by atoms with Crippen LogP contribution in [0.5, 0.6) is 0 Å². The van der Waals surface area contributed by atoms with Crippen molar-refractivity contribution >= 4 is 21.6 Å². The van der Waals surface area contributed by atoms with Crippen LogP contribution >= 0.6 is 0 Å². The van der Waals surface area contributed by atoms with Crippen LogP contribution in [0.25, 0.3) is 10.8 Å². The Morgan fingerprint density at radius 1 is 1.10 bits per heavy atom. The van der Waals surface area contributed by atoms with Crippen molar-refractivity contribution < 1.29 is 4.21 Å². The van der Waals surface area contributed by atoms with Crippen molar-refractivity contribution in [3.8, 4) is 0 Å². The number of nitrogens with one attached hydrogen (secondary N) is 1. The lowest BCUT2D eigenvalue weighted by atomic mass is 10.1. The van der Waals surface area contributed by atoms with E-state index in [1.54, 1.807) is 0 Å². The zero-order chi connectivity index (χ0) is 14.5. The largest absolute Gasteiger partial charge is 0.314 e. The molecule has 0 radical (unpaired) electrons. The Bertz CT molecular complexity index is 596. The molecule has 2 rings (SSSR count). The van der Waals surface area contributed by atoms with Crippen molar-refractivity contribution in [1.82, 2.24) is 5.32 Å². The third kappa shape index (κ3) is 3.68. The Balaban J connectivity index is 2.14. The second kappa shape index (κ2) is 7.00. The summed E-state index contributed by atoms with van der Waals surface area (Å²) in [5.41, 5.74) is 0. The molecule has 108 valence electrons. The molecule has 1 N–H and O–H groups in total. The topological polar surface area (TPSA) is 29.1 Å². The maximum Gasteiger partial charge on any atom is 0.0558 e. The van der Waals surface area contributed by atoms with Gasteiger partial charge in [-0.05, 0) is 42.8 Å². The van der Waals surface area contributed by atoms with Crippen molar-refractivity contribution in [1.29, 1.82) is 0 Å². The first-order chi connectivity index (χ1) is 9.61. The molecule has 2 nitrogen and oxygen atoms in total. The first kappa shape index (κ1) is 15.2. The molecule has 3 atom stereocenters. The van der Waals surface area contributed by atoms with Crippen molar-refractivity contribution in [3.63, 3.8) is 0 Å². The molecular formula is C17H23NOS. The molecule has 3 heteroatoms. The lowest BCUT2D eigenvalue weighted by Gasteiger charge is -2.17. The average molecular weight is 289 g/mol. The van der Waals surface area contributed by atoms with E-state index in [9.17, 15) is 4.21 Å². The Morgan fingerprint density at radius 3 is 2.50 bits per heavy atom. The third-order valence-corrected chi connectivity index (χ3v) is 5.20. The molecule has 0 amide bonds. The van der Waals surface area contributed by atoms with Crippen LogP contribution in [-0.2, 0) is 10.8 Å². The smallest absolute Gasteiger partial charge is 0.0558 e. The van der Waals surface area contributed by atoms with E-state index in [2.05, 4.69) is 50.4 Å². The van der Waals surface area contributed by atoms with Crippen molar-refractivity contribution in [2.24, 2.45) is 0 Å². The number of fused-ring (bicyclic) bond motifs is 1.